The van der Waals surface area contributed by atoms with Gasteiger partial charge in [-0.15, -0.1) is 0 Å². The highest BCUT2D eigenvalue weighted by atomic mass is 79.9. The van der Waals surface area contributed by atoms with Crippen molar-refractivity contribution in [2.24, 2.45) is 5.10 Å². The molecule has 2 N–H and O–H groups in total. The summed E-state index contributed by atoms with van der Waals surface area (Å²) in [7, 11) is 0. The molecule has 0 spiro atoms. The fourth-order valence-corrected chi connectivity index (χ4v) is 3.64. The van der Waals surface area contributed by atoms with Crippen LogP contribution >= 0.6 is 43.5 Å². The topological polar surface area (TPSA) is 79.8 Å². The first-order valence-electron chi connectivity index (χ1n) is 8.62. The van der Waals surface area contributed by atoms with E-state index in [1.807, 2.05) is 26.0 Å². The molecule has 0 heterocycles. The third kappa shape index (κ3) is 7.45. The molecule has 0 unspecified atom stereocenters. The second kappa shape index (κ2) is 10.8. The van der Waals surface area contributed by atoms with Gasteiger partial charge >= 0.3 is 0 Å². The molecule has 0 aliphatic heterocycles. The van der Waals surface area contributed by atoms with Crippen molar-refractivity contribution in [1.82, 2.24) is 5.43 Å². The number of carbonyl (C=O) groups is 2. The highest BCUT2D eigenvalue weighted by molar-refractivity contribution is 9.11. The van der Waals surface area contributed by atoms with Crippen molar-refractivity contribution in [2.45, 2.75) is 27.2 Å². The first-order valence-corrected chi connectivity index (χ1v) is 10.6. The molecular weight excluding hydrogens is 525 g/mol. The molecular formula is C20H20Br2ClN3O3. The number of anilines is 1. The van der Waals surface area contributed by atoms with Crippen molar-refractivity contribution in [2.75, 3.05) is 11.9 Å². The zero-order valence-electron chi connectivity index (χ0n) is 16.1. The number of nitrogens with one attached hydrogen (secondary N) is 2. The summed E-state index contributed by atoms with van der Waals surface area (Å²) in [6.45, 7) is 5.23. The SMILES string of the molecule is CC(CC(=O)Nc1ccc(Cl)cc1C)=NNC(=O)COc1cc(C)c(Br)cc1Br. The fourth-order valence-electron chi connectivity index (χ4n) is 2.31. The minimum absolute atomic E-state index is 0.0423. The van der Waals surface area contributed by atoms with Gasteiger partial charge in [-0.2, -0.15) is 5.10 Å². The van der Waals surface area contributed by atoms with Crippen LogP contribution in [0.3, 0.4) is 0 Å². The molecule has 2 aromatic carbocycles. The van der Waals surface area contributed by atoms with Gasteiger partial charge in [0.15, 0.2) is 6.61 Å². The first-order chi connectivity index (χ1) is 13.7. The van der Waals surface area contributed by atoms with E-state index >= 15 is 0 Å². The molecule has 0 aliphatic rings. The molecule has 0 fully saturated rings. The predicted octanol–water partition coefficient (Wildman–Crippen LogP) is 5.38. The van der Waals surface area contributed by atoms with E-state index in [-0.39, 0.29) is 18.9 Å². The largest absolute Gasteiger partial charge is 0.483 e. The van der Waals surface area contributed by atoms with Crippen LogP contribution in [0.4, 0.5) is 5.69 Å². The average molecular weight is 546 g/mol. The van der Waals surface area contributed by atoms with Gasteiger partial charge in [0.2, 0.25) is 5.91 Å². The van der Waals surface area contributed by atoms with Gasteiger partial charge < -0.3 is 10.1 Å². The number of ether oxygens (including phenoxy) is 1. The fraction of sp³-hybridized carbons (Fsp3) is 0.250. The smallest absolute Gasteiger partial charge is 0.277 e. The Balaban J connectivity index is 1.83. The van der Waals surface area contributed by atoms with Gasteiger partial charge in [0.1, 0.15) is 5.75 Å². The van der Waals surface area contributed by atoms with Crippen LogP contribution in [0.25, 0.3) is 0 Å². The number of hydrazone groups is 1. The van der Waals surface area contributed by atoms with Gasteiger partial charge in [-0.05, 0) is 78.2 Å². The first kappa shape index (κ1) is 23.4. The summed E-state index contributed by atoms with van der Waals surface area (Å²) < 4.78 is 7.18. The number of hydrogen-bond acceptors (Lipinski definition) is 4. The summed E-state index contributed by atoms with van der Waals surface area (Å²) in [6, 6.07) is 8.88. The molecule has 0 radical (unpaired) electrons. The minimum Gasteiger partial charge on any atom is -0.483 e. The summed E-state index contributed by atoms with van der Waals surface area (Å²) in [4.78, 5) is 24.1. The minimum atomic E-state index is -0.425. The van der Waals surface area contributed by atoms with Crippen LogP contribution in [-0.2, 0) is 9.59 Å². The second-order valence-electron chi connectivity index (χ2n) is 6.39. The molecule has 154 valence electrons. The Morgan fingerprint density at radius 3 is 2.48 bits per heavy atom. The Kier molecular flexibility index (Phi) is 8.67. The lowest BCUT2D eigenvalue weighted by Crippen LogP contribution is -2.26. The maximum atomic E-state index is 12.1. The highest BCUT2D eigenvalue weighted by Crippen LogP contribution is 2.31. The van der Waals surface area contributed by atoms with E-state index in [2.05, 4.69) is 47.7 Å². The Hall–Kier alpha value is -1.90. The number of amides is 2. The quantitative estimate of drug-likeness (QED) is 0.362. The summed E-state index contributed by atoms with van der Waals surface area (Å²) >= 11 is 12.7. The number of carbonyl (C=O) groups excluding carboxylic acids is 2. The highest BCUT2D eigenvalue weighted by Gasteiger charge is 2.10. The number of nitrogens with zero attached hydrogens (tertiary/aromatic N) is 1. The molecule has 2 rings (SSSR count). The van der Waals surface area contributed by atoms with Gasteiger partial charge in [-0.25, -0.2) is 5.43 Å². The second-order valence-corrected chi connectivity index (χ2v) is 8.53. The van der Waals surface area contributed by atoms with E-state index in [0.29, 0.717) is 22.2 Å². The molecule has 2 aromatic rings. The molecule has 0 aliphatic carbocycles. The van der Waals surface area contributed by atoms with Crippen LogP contribution in [0, 0.1) is 13.8 Å². The number of hydrogen-bond donors (Lipinski definition) is 2. The third-order valence-electron chi connectivity index (χ3n) is 3.82. The molecule has 2 amide bonds. The lowest BCUT2D eigenvalue weighted by molar-refractivity contribution is -0.123. The molecule has 6 nitrogen and oxygen atoms in total. The Morgan fingerprint density at radius 1 is 1.07 bits per heavy atom. The zero-order chi connectivity index (χ0) is 21.6. The van der Waals surface area contributed by atoms with E-state index < -0.39 is 5.91 Å². The summed E-state index contributed by atoms with van der Waals surface area (Å²) in [5.74, 6) is -0.110. The van der Waals surface area contributed by atoms with Gasteiger partial charge in [0.25, 0.3) is 5.91 Å². The van der Waals surface area contributed by atoms with E-state index in [4.69, 9.17) is 16.3 Å². The summed E-state index contributed by atoms with van der Waals surface area (Å²) in [6.07, 6.45) is 0.0423. The van der Waals surface area contributed by atoms with Crippen molar-refractivity contribution >= 4 is 66.7 Å². The maximum absolute atomic E-state index is 12.1. The number of halogens is 3. The van der Waals surface area contributed by atoms with Crippen molar-refractivity contribution in [3.05, 3.63) is 55.4 Å². The van der Waals surface area contributed by atoms with E-state index in [9.17, 15) is 9.59 Å². The summed E-state index contributed by atoms with van der Waals surface area (Å²) in [5.41, 5.74) is 5.38. The molecule has 0 saturated heterocycles. The van der Waals surface area contributed by atoms with Crippen molar-refractivity contribution < 1.29 is 14.3 Å². The van der Waals surface area contributed by atoms with E-state index in [0.717, 1.165) is 20.1 Å². The van der Waals surface area contributed by atoms with Crippen molar-refractivity contribution in [3.8, 4) is 5.75 Å². The molecule has 29 heavy (non-hydrogen) atoms. The van der Waals surface area contributed by atoms with E-state index in [1.54, 1.807) is 25.1 Å². The molecule has 0 atom stereocenters. The predicted molar refractivity (Wildman–Crippen MR) is 123 cm³/mol. The van der Waals surface area contributed by atoms with Crippen LogP contribution in [0.5, 0.6) is 5.75 Å². The maximum Gasteiger partial charge on any atom is 0.277 e. The third-order valence-corrected chi connectivity index (χ3v) is 5.53. The van der Waals surface area contributed by atoms with Gasteiger partial charge in [0.05, 0.1) is 10.9 Å². The van der Waals surface area contributed by atoms with Crippen LogP contribution in [0.2, 0.25) is 5.02 Å². The number of rotatable bonds is 7. The van der Waals surface area contributed by atoms with Gasteiger partial charge in [-0.1, -0.05) is 27.5 Å². The molecule has 0 saturated carbocycles. The molecule has 9 heteroatoms. The average Bonchev–Trinajstić information content (AvgIpc) is 2.64. The summed E-state index contributed by atoms with van der Waals surface area (Å²) in [5, 5.41) is 7.34. The Labute approximate surface area is 191 Å². The lowest BCUT2D eigenvalue weighted by Gasteiger charge is -2.10. The van der Waals surface area contributed by atoms with Crippen LogP contribution < -0.4 is 15.5 Å². The van der Waals surface area contributed by atoms with Crippen molar-refractivity contribution in [1.29, 1.82) is 0 Å². The number of benzene rings is 2. The molecule has 0 bridgehead atoms. The van der Waals surface area contributed by atoms with Crippen LogP contribution in [0.1, 0.15) is 24.5 Å². The van der Waals surface area contributed by atoms with E-state index in [1.165, 1.54) is 0 Å². The monoisotopic (exact) mass is 543 g/mol. The standard InChI is InChI=1S/C20H20Br2ClN3O3/c1-11-7-18(16(22)9-15(11)21)29-10-20(28)26-25-13(3)8-19(27)24-17-5-4-14(23)6-12(17)2/h4-7,9H,8,10H2,1-3H3,(H,24,27)(H,26,28). The molecule has 0 aromatic heterocycles. The van der Waals surface area contributed by atoms with Gasteiger partial charge in [0, 0.05) is 20.9 Å². The number of aryl methyl sites for hydroxylation is 2. The normalized spacial score (nSPS) is 11.2. The van der Waals surface area contributed by atoms with Crippen LogP contribution in [-0.4, -0.2) is 24.1 Å². The van der Waals surface area contributed by atoms with Crippen LogP contribution in [0.15, 0.2) is 44.4 Å². The van der Waals surface area contributed by atoms with Gasteiger partial charge in [-0.3, -0.25) is 9.59 Å². The zero-order valence-corrected chi connectivity index (χ0v) is 20.0. The Morgan fingerprint density at radius 2 is 1.79 bits per heavy atom. The van der Waals surface area contributed by atoms with Crippen molar-refractivity contribution in [3.63, 3.8) is 0 Å². The lowest BCUT2D eigenvalue weighted by atomic mass is 10.2. The Bertz CT molecular complexity index is 964.